The summed E-state index contributed by atoms with van der Waals surface area (Å²) in [5.74, 6) is 0. The van der Waals surface area contributed by atoms with Crippen LogP contribution in [-0.2, 0) is 6.42 Å². The average Bonchev–Trinajstić information content (AvgIpc) is 2.67. The van der Waals surface area contributed by atoms with Gasteiger partial charge in [0.05, 0.1) is 0 Å². The molecule has 0 N–H and O–H groups in total. The van der Waals surface area contributed by atoms with Crippen molar-refractivity contribution >= 4 is 14.5 Å². The first kappa shape index (κ1) is 22.2. The quantitative estimate of drug-likeness (QED) is 0.258. The molecule has 0 saturated heterocycles. The molecule has 0 spiro atoms. The van der Waals surface area contributed by atoms with E-state index in [1.807, 2.05) is 0 Å². The topological polar surface area (TPSA) is 0 Å². The molecule has 0 bridgehead atoms. The van der Waals surface area contributed by atoms with Crippen molar-refractivity contribution in [1.82, 2.24) is 0 Å². The molecule has 27 heavy (non-hydrogen) atoms. The lowest BCUT2D eigenvalue weighted by molar-refractivity contribution is 0.556. The van der Waals surface area contributed by atoms with Crippen molar-refractivity contribution in [2.75, 3.05) is 0 Å². The smallest absolute Gasteiger partial charge is 0.0110 e. The van der Waals surface area contributed by atoms with Gasteiger partial charge in [0.25, 0.3) is 0 Å². The second-order valence-electron chi connectivity index (χ2n) is 8.04. The van der Waals surface area contributed by atoms with Gasteiger partial charge in [0.15, 0.2) is 0 Å². The van der Waals surface area contributed by atoms with Gasteiger partial charge in [-0.2, -0.15) is 0 Å². The van der Waals surface area contributed by atoms with Crippen molar-refractivity contribution in [2.45, 2.75) is 91.4 Å². The predicted octanol–water partition coefficient (Wildman–Crippen LogP) is 7.93. The largest absolute Gasteiger partial charge is 0.105 e. The van der Waals surface area contributed by atoms with Crippen LogP contribution in [0.25, 0.3) is 11.1 Å². The average molecular weight is 383 g/mol. The Kier molecular flexibility index (Phi) is 10.1. The van der Waals surface area contributed by atoms with E-state index in [2.05, 4.69) is 66.4 Å². The molecule has 0 saturated carbocycles. The summed E-state index contributed by atoms with van der Waals surface area (Å²) >= 11 is 0. The van der Waals surface area contributed by atoms with Gasteiger partial charge in [-0.3, -0.25) is 0 Å². The van der Waals surface area contributed by atoms with Crippen LogP contribution in [0.5, 0.6) is 0 Å². The summed E-state index contributed by atoms with van der Waals surface area (Å²) < 4.78 is 0. The molecule has 1 heteroatoms. The first-order valence-corrected chi connectivity index (χ1v) is 11.7. The van der Waals surface area contributed by atoms with E-state index in [1.54, 1.807) is 0 Å². The molecule has 148 valence electrons. The Labute approximate surface area is 170 Å². The maximum atomic E-state index is 2.87. The summed E-state index contributed by atoms with van der Waals surface area (Å²) in [6, 6.07) is 13.3. The minimum atomic E-state index is 1.23. The number of hydrogen-bond acceptors (Lipinski definition) is 0. The third kappa shape index (κ3) is 7.08. The summed E-state index contributed by atoms with van der Waals surface area (Å²) in [6.07, 6.45) is 15.3. The van der Waals surface area contributed by atoms with E-state index in [9.17, 15) is 0 Å². The Hall–Kier alpha value is -1.13. The summed E-state index contributed by atoms with van der Waals surface area (Å²) in [5, 5.41) is 1.28. The number of benzene rings is 2. The van der Waals surface area contributed by atoms with Gasteiger partial charge >= 0.3 is 0 Å². The molecule has 0 aliphatic heterocycles. The van der Waals surface area contributed by atoms with Crippen molar-refractivity contribution in [3.8, 4) is 11.1 Å². The van der Waals surface area contributed by atoms with Gasteiger partial charge in [-0.1, -0.05) is 101 Å². The lowest BCUT2D eigenvalue weighted by Gasteiger charge is -2.15. The predicted molar refractivity (Wildman–Crippen MR) is 126 cm³/mol. The normalized spacial score (nSPS) is 11.1. The van der Waals surface area contributed by atoms with E-state index in [1.165, 1.54) is 104 Å². The lowest BCUT2D eigenvalue weighted by Crippen LogP contribution is -2.00. The fourth-order valence-corrected chi connectivity index (χ4v) is 4.35. The maximum Gasteiger partial charge on any atom is -0.0110 e. The van der Waals surface area contributed by atoms with Crippen LogP contribution >= 0.6 is 9.24 Å². The van der Waals surface area contributed by atoms with E-state index >= 15 is 0 Å². The van der Waals surface area contributed by atoms with Crippen molar-refractivity contribution in [3.63, 3.8) is 0 Å². The molecule has 0 nitrogen and oxygen atoms in total. The zero-order valence-electron chi connectivity index (χ0n) is 17.8. The molecule has 0 radical (unpaired) electrons. The highest BCUT2D eigenvalue weighted by atomic mass is 31.0. The molecular formula is C26H39P. The first-order valence-electron chi connectivity index (χ1n) is 11.1. The third-order valence-corrected chi connectivity index (χ3v) is 6.45. The van der Waals surface area contributed by atoms with Crippen molar-refractivity contribution in [2.24, 2.45) is 0 Å². The molecule has 0 amide bonds. The van der Waals surface area contributed by atoms with Crippen LogP contribution in [0.15, 0.2) is 36.4 Å². The van der Waals surface area contributed by atoms with E-state index in [0.717, 1.165) is 0 Å². The zero-order chi connectivity index (χ0) is 19.5. The summed E-state index contributed by atoms with van der Waals surface area (Å²) in [7, 11) is 2.87. The van der Waals surface area contributed by atoms with Gasteiger partial charge in [0.2, 0.25) is 0 Å². The Morgan fingerprint density at radius 1 is 0.630 bits per heavy atom. The van der Waals surface area contributed by atoms with E-state index < -0.39 is 0 Å². The minimum Gasteiger partial charge on any atom is -0.105 e. The van der Waals surface area contributed by atoms with Gasteiger partial charge in [-0.05, 0) is 59.8 Å². The third-order valence-electron chi connectivity index (χ3n) is 5.95. The van der Waals surface area contributed by atoms with Crippen LogP contribution in [0.4, 0.5) is 0 Å². The Morgan fingerprint density at radius 2 is 1.22 bits per heavy atom. The van der Waals surface area contributed by atoms with Crippen LogP contribution in [0.3, 0.4) is 0 Å². The van der Waals surface area contributed by atoms with Crippen molar-refractivity contribution in [1.29, 1.82) is 0 Å². The molecule has 1 atom stereocenters. The van der Waals surface area contributed by atoms with Crippen LogP contribution in [-0.4, -0.2) is 0 Å². The van der Waals surface area contributed by atoms with Crippen LogP contribution in [0, 0.1) is 13.8 Å². The van der Waals surface area contributed by atoms with Crippen LogP contribution in [0.1, 0.15) is 87.8 Å². The highest BCUT2D eigenvalue weighted by Gasteiger charge is 2.09. The Bertz CT molecular complexity index is 687. The maximum absolute atomic E-state index is 2.87. The molecule has 0 fully saturated rings. The number of aryl methyl sites for hydroxylation is 1. The standard InChI is InChI=1S/C26H39P/c1-4-5-6-7-8-9-10-11-12-13-16-23-19-20-24(22(3)21(23)2)25-17-14-15-18-26(25)27/h14-15,17-20H,4-13,16,27H2,1-3H3. The van der Waals surface area contributed by atoms with E-state index in [-0.39, 0.29) is 0 Å². The number of rotatable bonds is 12. The number of unbranched alkanes of at least 4 members (excludes halogenated alkanes) is 9. The molecular weight excluding hydrogens is 343 g/mol. The number of hydrogen-bond donors (Lipinski definition) is 0. The molecule has 0 heterocycles. The lowest BCUT2D eigenvalue weighted by atomic mass is 9.91. The van der Waals surface area contributed by atoms with E-state index in [0.29, 0.717) is 0 Å². The van der Waals surface area contributed by atoms with Gasteiger partial charge in [0.1, 0.15) is 0 Å². The van der Waals surface area contributed by atoms with Gasteiger partial charge in [0, 0.05) is 0 Å². The molecule has 0 aromatic heterocycles. The monoisotopic (exact) mass is 382 g/mol. The van der Waals surface area contributed by atoms with Crippen LogP contribution in [0.2, 0.25) is 0 Å². The second-order valence-corrected chi connectivity index (χ2v) is 8.66. The summed E-state index contributed by atoms with van der Waals surface area (Å²) in [5.41, 5.74) is 7.18. The molecule has 0 aliphatic rings. The van der Waals surface area contributed by atoms with Gasteiger partial charge in [-0.15, -0.1) is 9.24 Å². The van der Waals surface area contributed by atoms with Crippen molar-refractivity contribution in [3.05, 3.63) is 53.1 Å². The highest BCUT2D eigenvalue weighted by molar-refractivity contribution is 7.28. The molecule has 2 aromatic rings. The fraction of sp³-hybridized carbons (Fsp3) is 0.538. The molecule has 1 unspecified atom stereocenters. The Morgan fingerprint density at radius 3 is 1.85 bits per heavy atom. The SMILES string of the molecule is CCCCCCCCCCCCc1ccc(-c2ccccc2P)c(C)c1C. The zero-order valence-corrected chi connectivity index (χ0v) is 19.0. The summed E-state index contributed by atoms with van der Waals surface area (Å²) in [4.78, 5) is 0. The first-order chi connectivity index (χ1) is 13.1. The van der Waals surface area contributed by atoms with Crippen molar-refractivity contribution < 1.29 is 0 Å². The van der Waals surface area contributed by atoms with E-state index in [4.69, 9.17) is 0 Å². The Balaban J connectivity index is 1.76. The fourth-order valence-electron chi connectivity index (χ4n) is 3.98. The second kappa shape index (κ2) is 12.4. The summed E-state index contributed by atoms with van der Waals surface area (Å²) in [6.45, 7) is 6.87. The molecule has 2 aromatic carbocycles. The molecule has 2 rings (SSSR count). The minimum absolute atomic E-state index is 1.23. The molecule has 0 aliphatic carbocycles. The van der Waals surface area contributed by atoms with Gasteiger partial charge in [-0.25, -0.2) is 0 Å². The van der Waals surface area contributed by atoms with Crippen LogP contribution < -0.4 is 5.30 Å². The highest BCUT2D eigenvalue weighted by Crippen LogP contribution is 2.28. The van der Waals surface area contributed by atoms with Gasteiger partial charge < -0.3 is 0 Å².